The van der Waals surface area contributed by atoms with E-state index in [4.69, 9.17) is 4.74 Å². The van der Waals surface area contributed by atoms with E-state index in [1.54, 1.807) is 12.4 Å². The van der Waals surface area contributed by atoms with Crippen LogP contribution in [0.5, 0.6) is 0 Å². The van der Waals surface area contributed by atoms with E-state index in [2.05, 4.69) is 27.1 Å². The molecule has 3 heterocycles. The zero-order chi connectivity index (χ0) is 17.8. The monoisotopic (exact) mass is 341 g/mol. The molecule has 26 heavy (non-hydrogen) atoms. The number of rotatable bonds is 2. The molecule has 1 aromatic carbocycles. The van der Waals surface area contributed by atoms with E-state index in [0.717, 1.165) is 11.1 Å². The molecule has 1 N–H and O–H groups in total. The minimum absolute atomic E-state index is 0.384. The molecule has 0 aliphatic carbocycles. The molecule has 1 saturated heterocycles. The number of carbonyl (C=O) groups is 1. The van der Waals surface area contributed by atoms with Crippen LogP contribution in [0.25, 0.3) is 0 Å². The summed E-state index contributed by atoms with van der Waals surface area (Å²) in [6.07, 6.45) is 2.44. The van der Waals surface area contributed by atoms with Crippen molar-refractivity contribution in [3.8, 4) is 11.8 Å². The highest BCUT2D eigenvalue weighted by atomic mass is 16.6. The summed E-state index contributed by atoms with van der Waals surface area (Å²) in [4.78, 5) is 20.5. The third-order valence-electron chi connectivity index (χ3n) is 4.02. The highest BCUT2D eigenvalue weighted by Gasteiger charge is 2.37. The Morgan fingerprint density at radius 2 is 1.85 bits per heavy atom. The van der Waals surface area contributed by atoms with Crippen molar-refractivity contribution in [1.29, 1.82) is 0 Å². The molecule has 0 bridgehead atoms. The average molecular weight is 341 g/mol. The molecule has 0 unspecified atom stereocenters. The highest BCUT2D eigenvalue weighted by molar-refractivity contribution is 5.71. The van der Waals surface area contributed by atoms with E-state index in [0.29, 0.717) is 11.4 Å². The quantitative estimate of drug-likeness (QED) is 0.726. The molecular weight excluding hydrogens is 326 g/mol. The zero-order valence-corrected chi connectivity index (χ0v) is 13.8. The van der Waals surface area contributed by atoms with Gasteiger partial charge in [-0.1, -0.05) is 36.3 Å². The molecule has 2 atom stereocenters. The van der Waals surface area contributed by atoms with Gasteiger partial charge in [-0.2, -0.15) is 0 Å². The van der Waals surface area contributed by atoms with E-state index in [1.807, 2.05) is 60.7 Å². The lowest BCUT2D eigenvalue weighted by molar-refractivity contribution is 0.131. The lowest BCUT2D eigenvalue weighted by Gasteiger charge is -2.16. The lowest BCUT2D eigenvalue weighted by atomic mass is 10.0. The number of pyridine rings is 2. The minimum Gasteiger partial charge on any atom is -0.439 e. The van der Waals surface area contributed by atoms with E-state index < -0.39 is 12.2 Å². The van der Waals surface area contributed by atoms with Gasteiger partial charge in [-0.3, -0.25) is 4.98 Å². The van der Waals surface area contributed by atoms with Crippen LogP contribution in [0.2, 0.25) is 0 Å². The number of alkyl carbamates (subject to hydrolysis) is 1. The van der Waals surface area contributed by atoms with Crippen LogP contribution in [-0.4, -0.2) is 16.1 Å². The van der Waals surface area contributed by atoms with Crippen molar-refractivity contribution < 1.29 is 9.53 Å². The number of hydrogen-bond acceptors (Lipinski definition) is 4. The SMILES string of the molecule is O=C1N[C@H](c2cccc(C#Cc3ccccc3)n2)[C@@H](c2cccnc2)O1. The second-order valence-corrected chi connectivity index (χ2v) is 5.80. The molecular formula is C21H15N3O2. The summed E-state index contributed by atoms with van der Waals surface area (Å²) in [5, 5.41) is 2.82. The molecule has 1 fully saturated rings. The van der Waals surface area contributed by atoms with Crippen molar-refractivity contribution in [2.45, 2.75) is 12.1 Å². The largest absolute Gasteiger partial charge is 0.439 e. The van der Waals surface area contributed by atoms with Gasteiger partial charge in [0.05, 0.1) is 5.69 Å². The van der Waals surface area contributed by atoms with E-state index >= 15 is 0 Å². The predicted octanol–water partition coefficient (Wildman–Crippen LogP) is 3.40. The van der Waals surface area contributed by atoms with Crippen molar-refractivity contribution in [3.63, 3.8) is 0 Å². The van der Waals surface area contributed by atoms with Gasteiger partial charge in [-0.25, -0.2) is 9.78 Å². The molecule has 5 heteroatoms. The maximum absolute atomic E-state index is 11.8. The normalized spacial score (nSPS) is 18.4. The minimum atomic E-state index is -0.471. The summed E-state index contributed by atoms with van der Waals surface area (Å²) in [6.45, 7) is 0. The second-order valence-electron chi connectivity index (χ2n) is 5.80. The van der Waals surface area contributed by atoms with Crippen LogP contribution in [-0.2, 0) is 4.74 Å². The summed E-state index contributed by atoms with van der Waals surface area (Å²) in [5.41, 5.74) is 3.07. The van der Waals surface area contributed by atoms with Gasteiger partial charge in [0.25, 0.3) is 0 Å². The van der Waals surface area contributed by atoms with Crippen molar-refractivity contribution in [3.05, 3.63) is 95.6 Å². The fraction of sp³-hybridized carbons (Fsp3) is 0.0952. The Kier molecular flexibility index (Phi) is 4.31. The summed E-state index contributed by atoms with van der Waals surface area (Å²) in [6, 6.07) is 18.6. The number of benzene rings is 1. The van der Waals surface area contributed by atoms with Gasteiger partial charge in [0.1, 0.15) is 11.7 Å². The van der Waals surface area contributed by atoms with Gasteiger partial charge in [-0.05, 0) is 36.3 Å². The molecule has 4 rings (SSSR count). The average Bonchev–Trinajstić information content (AvgIpc) is 3.10. The van der Waals surface area contributed by atoms with E-state index in [1.165, 1.54) is 0 Å². The van der Waals surface area contributed by atoms with Crippen molar-refractivity contribution in [1.82, 2.24) is 15.3 Å². The van der Waals surface area contributed by atoms with Gasteiger partial charge in [-0.15, -0.1) is 0 Å². The molecule has 5 nitrogen and oxygen atoms in total. The third kappa shape index (κ3) is 3.40. The van der Waals surface area contributed by atoms with Gasteiger partial charge in [0.15, 0.2) is 6.10 Å². The second kappa shape index (κ2) is 7.08. The molecule has 1 aliphatic heterocycles. The standard InChI is InChI=1S/C21H15N3O2/c25-21-24-19(20(26-21)16-8-5-13-22-14-16)18-10-4-9-17(23-18)12-11-15-6-2-1-3-7-15/h1-10,13-14,19-20H,(H,24,25)/t19-,20-/m1/s1. The summed E-state index contributed by atoms with van der Waals surface area (Å²) >= 11 is 0. The fourth-order valence-electron chi connectivity index (χ4n) is 2.81. The van der Waals surface area contributed by atoms with Gasteiger partial charge >= 0.3 is 6.09 Å². The van der Waals surface area contributed by atoms with Gasteiger partial charge in [0, 0.05) is 23.5 Å². The molecule has 1 aliphatic rings. The van der Waals surface area contributed by atoms with E-state index in [-0.39, 0.29) is 6.04 Å². The Morgan fingerprint density at radius 1 is 0.962 bits per heavy atom. The van der Waals surface area contributed by atoms with Crippen LogP contribution in [0.3, 0.4) is 0 Å². The zero-order valence-electron chi connectivity index (χ0n) is 13.8. The molecule has 1 amide bonds. The van der Waals surface area contributed by atoms with Gasteiger partial charge in [0.2, 0.25) is 0 Å². The Hall–Kier alpha value is -3.65. The van der Waals surface area contributed by atoms with Crippen LogP contribution >= 0.6 is 0 Å². The van der Waals surface area contributed by atoms with Gasteiger partial charge < -0.3 is 10.1 Å². The van der Waals surface area contributed by atoms with E-state index in [9.17, 15) is 4.79 Å². The first-order chi connectivity index (χ1) is 12.8. The lowest BCUT2D eigenvalue weighted by Crippen LogP contribution is -2.20. The number of aromatic nitrogens is 2. The summed E-state index contributed by atoms with van der Waals surface area (Å²) in [5.74, 6) is 6.15. The highest BCUT2D eigenvalue weighted by Crippen LogP contribution is 2.35. The molecule has 0 radical (unpaired) electrons. The number of amides is 1. The maximum Gasteiger partial charge on any atom is 0.408 e. The Bertz CT molecular complexity index is 978. The maximum atomic E-state index is 11.8. The topological polar surface area (TPSA) is 64.1 Å². The Morgan fingerprint density at radius 3 is 2.65 bits per heavy atom. The number of cyclic esters (lactones) is 1. The number of hydrogen-bond donors (Lipinski definition) is 1. The number of carbonyl (C=O) groups excluding carboxylic acids is 1. The van der Waals surface area contributed by atoms with Crippen LogP contribution in [0.15, 0.2) is 73.1 Å². The van der Waals surface area contributed by atoms with Crippen LogP contribution < -0.4 is 5.32 Å². The first kappa shape index (κ1) is 15.9. The molecule has 126 valence electrons. The van der Waals surface area contributed by atoms with Crippen LogP contribution in [0.1, 0.15) is 34.7 Å². The first-order valence-corrected chi connectivity index (χ1v) is 8.21. The molecule has 3 aromatic rings. The fourth-order valence-corrected chi connectivity index (χ4v) is 2.81. The number of ether oxygens (including phenoxy) is 1. The summed E-state index contributed by atoms with van der Waals surface area (Å²) < 4.78 is 5.42. The smallest absolute Gasteiger partial charge is 0.408 e. The van der Waals surface area contributed by atoms with Crippen LogP contribution in [0, 0.1) is 11.8 Å². The summed E-state index contributed by atoms with van der Waals surface area (Å²) in [7, 11) is 0. The predicted molar refractivity (Wildman–Crippen MR) is 96.0 cm³/mol. The van der Waals surface area contributed by atoms with Crippen LogP contribution in [0.4, 0.5) is 4.79 Å². The van der Waals surface area contributed by atoms with Crippen molar-refractivity contribution in [2.24, 2.45) is 0 Å². The Balaban J connectivity index is 1.63. The molecule has 0 spiro atoms. The van der Waals surface area contributed by atoms with Crippen molar-refractivity contribution in [2.75, 3.05) is 0 Å². The number of nitrogens with zero attached hydrogens (tertiary/aromatic N) is 2. The molecule has 2 aromatic heterocycles. The Labute approximate surface area is 151 Å². The third-order valence-corrected chi connectivity index (χ3v) is 4.02. The van der Waals surface area contributed by atoms with Crippen molar-refractivity contribution >= 4 is 6.09 Å². The first-order valence-electron chi connectivity index (χ1n) is 8.21. The number of nitrogens with one attached hydrogen (secondary N) is 1. The molecule has 0 saturated carbocycles.